The highest BCUT2D eigenvalue weighted by molar-refractivity contribution is 5.51. The minimum Gasteiger partial charge on any atom is -0.456 e. The lowest BCUT2D eigenvalue weighted by Gasteiger charge is -2.31. The summed E-state index contributed by atoms with van der Waals surface area (Å²) >= 11 is 0. The average molecular weight is 627 g/mol. The summed E-state index contributed by atoms with van der Waals surface area (Å²) in [6, 6.07) is 26.7. The van der Waals surface area contributed by atoms with Crippen LogP contribution in [0.3, 0.4) is 0 Å². The highest BCUT2D eigenvalue weighted by Gasteiger charge is 2.42. The molecule has 4 bridgehead atoms. The molecule has 4 fully saturated rings. The van der Waals surface area contributed by atoms with Crippen LogP contribution in [0.2, 0.25) is 0 Å². The number of pyridine rings is 2. The van der Waals surface area contributed by atoms with E-state index in [1.165, 1.54) is 38.5 Å². The third kappa shape index (κ3) is 8.19. The zero-order chi connectivity index (χ0) is 31.8. The van der Waals surface area contributed by atoms with Crippen LogP contribution in [0.1, 0.15) is 62.5 Å². The number of hydrogen-bond donors (Lipinski definition) is 1. The molecule has 6 unspecified atom stereocenters. The van der Waals surface area contributed by atoms with Crippen LogP contribution in [0, 0.1) is 11.8 Å². The molecular weight excluding hydrogens is 580 g/mol. The summed E-state index contributed by atoms with van der Waals surface area (Å²) in [6.07, 6.45) is 26.7. The van der Waals surface area contributed by atoms with Gasteiger partial charge < -0.3 is 14.8 Å². The fraction of sp³-hybridized carbons (Fsp3) is 0.366. The first-order valence-corrected chi connectivity index (χ1v) is 17.3. The fourth-order valence-electron chi connectivity index (χ4n) is 8.01. The summed E-state index contributed by atoms with van der Waals surface area (Å²) in [5, 5.41) is 3.73. The molecular formula is C41H46N4O2. The molecule has 6 heteroatoms. The topological polar surface area (TPSA) is 59.5 Å². The van der Waals surface area contributed by atoms with Crippen LogP contribution in [-0.2, 0) is 0 Å². The van der Waals surface area contributed by atoms with Crippen LogP contribution in [-0.4, -0.2) is 46.1 Å². The van der Waals surface area contributed by atoms with E-state index in [9.17, 15) is 0 Å². The van der Waals surface area contributed by atoms with Crippen LogP contribution < -0.4 is 14.8 Å². The molecule has 6 nitrogen and oxygen atoms in total. The van der Waals surface area contributed by atoms with Crippen molar-refractivity contribution in [1.82, 2.24) is 20.2 Å². The molecule has 0 spiro atoms. The smallest absolute Gasteiger partial charge is 0.146 e. The molecule has 2 aliphatic carbocycles. The van der Waals surface area contributed by atoms with Gasteiger partial charge in [0.2, 0.25) is 0 Å². The molecule has 2 aliphatic heterocycles. The number of aromatic nitrogens is 2. The van der Waals surface area contributed by atoms with Crippen molar-refractivity contribution in [2.45, 2.75) is 75.5 Å². The van der Waals surface area contributed by atoms with E-state index in [-0.39, 0.29) is 0 Å². The average Bonchev–Trinajstić information content (AvgIpc) is 3.91. The number of fused-ring (bicyclic) bond motifs is 4. The standard InChI is InChI=1S/C21H24N2O.C20H22N2O/c1-23-18-11-10-17(13-18)21(23)9-5-6-16-12-20(15-22-14-16)24-19-7-3-2-4-8-19;1-2-6-18(7-3-1)23-19-11-15(13-21-14-19)5-4-8-20-16-9-10-17(12-16)22-20/h2-8,12,14-15,17-18,21H,9-11,13H2,1H3;1-7,11,13-14,16-17,20,22H,8-10,12H2. The van der Waals surface area contributed by atoms with Crippen molar-refractivity contribution in [1.29, 1.82) is 0 Å². The summed E-state index contributed by atoms with van der Waals surface area (Å²) < 4.78 is 11.7. The number of benzene rings is 2. The van der Waals surface area contributed by atoms with Crippen molar-refractivity contribution in [3.05, 3.63) is 121 Å². The van der Waals surface area contributed by atoms with Crippen molar-refractivity contribution >= 4 is 12.2 Å². The first-order valence-electron chi connectivity index (χ1n) is 17.3. The minimum atomic E-state index is 0.668. The molecule has 1 N–H and O–H groups in total. The van der Waals surface area contributed by atoms with Crippen LogP contribution in [0.5, 0.6) is 23.0 Å². The Morgan fingerprint density at radius 1 is 0.681 bits per heavy atom. The van der Waals surface area contributed by atoms with Gasteiger partial charge >= 0.3 is 0 Å². The van der Waals surface area contributed by atoms with E-state index >= 15 is 0 Å². The zero-order valence-corrected chi connectivity index (χ0v) is 27.3. The van der Waals surface area contributed by atoms with Crippen LogP contribution in [0.15, 0.2) is 110 Å². The van der Waals surface area contributed by atoms with E-state index in [2.05, 4.69) is 51.5 Å². The van der Waals surface area contributed by atoms with Crippen molar-refractivity contribution in [3.8, 4) is 23.0 Å². The molecule has 8 rings (SSSR count). The predicted octanol–water partition coefficient (Wildman–Crippen LogP) is 9.18. The molecule has 2 saturated heterocycles. The molecule has 242 valence electrons. The molecule has 4 aromatic rings. The summed E-state index contributed by atoms with van der Waals surface area (Å²) in [4.78, 5) is 11.2. The van der Waals surface area contributed by atoms with Gasteiger partial charge in [0, 0.05) is 36.6 Å². The SMILES string of the molecule is C(=Cc1cncc(Oc2ccccc2)c1)CC1NC2CCC1C2.CN1C2CCC(C2)C1CC=Cc1cncc(Oc2ccccc2)c1. The minimum absolute atomic E-state index is 0.668. The van der Waals surface area contributed by atoms with Gasteiger partial charge in [-0.1, -0.05) is 60.7 Å². The Kier molecular flexibility index (Phi) is 10.1. The van der Waals surface area contributed by atoms with E-state index in [0.29, 0.717) is 6.04 Å². The Balaban J connectivity index is 0.000000150. The molecule has 2 saturated carbocycles. The quantitative estimate of drug-likeness (QED) is 0.189. The van der Waals surface area contributed by atoms with Gasteiger partial charge in [-0.15, -0.1) is 0 Å². The van der Waals surface area contributed by atoms with Crippen molar-refractivity contribution in [2.24, 2.45) is 11.8 Å². The number of ether oxygens (including phenoxy) is 2. The highest BCUT2D eigenvalue weighted by Crippen LogP contribution is 2.42. The van der Waals surface area contributed by atoms with E-state index in [4.69, 9.17) is 9.47 Å². The van der Waals surface area contributed by atoms with E-state index < -0.39 is 0 Å². The van der Waals surface area contributed by atoms with Gasteiger partial charge in [0.15, 0.2) is 0 Å². The number of rotatable bonds is 10. The molecule has 2 aromatic heterocycles. The molecule has 6 atom stereocenters. The summed E-state index contributed by atoms with van der Waals surface area (Å²) in [7, 11) is 2.29. The first-order chi connectivity index (χ1) is 23.2. The lowest BCUT2D eigenvalue weighted by atomic mass is 9.96. The normalized spacial score (nSPS) is 26.1. The summed E-state index contributed by atoms with van der Waals surface area (Å²) in [5.74, 6) is 5.01. The lowest BCUT2D eigenvalue weighted by Crippen LogP contribution is -2.37. The second-order valence-corrected chi connectivity index (χ2v) is 13.5. The van der Waals surface area contributed by atoms with Gasteiger partial charge in [0.25, 0.3) is 0 Å². The number of nitrogens with one attached hydrogen (secondary N) is 1. The van der Waals surface area contributed by atoms with Gasteiger partial charge in [0.05, 0.1) is 12.4 Å². The second-order valence-electron chi connectivity index (χ2n) is 13.5. The highest BCUT2D eigenvalue weighted by atomic mass is 16.5. The second kappa shape index (κ2) is 15.1. The number of nitrogens with zero attached hydrogens (tertiary/aromatic N) is 3. The molecule has 0 amide bonds. The van der Waals surface area contributed by atoms with Crippen LogP contribution in [0.25, 0.3) is 12.2 Å². The predicted molar refractivity (Wildman–Crippen MR) is 190 cm³/mol. The molecule has 2 aromatic carbocycles. The Bertz CT molecular complexity index is 1640. The summed E-state index contributed by atoms with van der Waals surface area (Å²) in [5.41, 5.74) is 2.18. The Labute approximate surface area is 279 Å². The Morgan fingerprint density at radius 2 is 1.28 bits per heavy atom. The molecule has 4 heterocycles. The van der Waals surface area contributed by atoms with Crippen molar-refractivity contribution < 1.29 is 9.47 Å². The maximum Gasteiger partial charge on any atom is 0.146 e. The van der Waals surface area contributed by atoms with Gasteiger partial charge in [-0.3, -0.25) is 14.9 Å². The maximum atomic E-state index is 5.85. The number of hydrogen-bond acceptors (Lipinski definition) is 6. The van der Waals surface area contributed by atoms with Gasteiger partial charge in [-0.25, -0.2) is 0 Å². The van der Waals surface area contributed by atoms with Gasteiger partial charge in [0.1, 0.15) is 23.0 Å². The van der Waals surface area contributed by atoms with Crippen LogP contribution in [0.4, 0.5) is 0 Å². The van der Waals surface area contributed by atoms with Gasteiger partial charge in [-0.2, -0.15) is 0 Å². The summed E-state index contributed by atoms with van der Waals surface area (Å²) in [6.45, 7) is 0. The molecule has 47 heavy (non-hydrogen) atoms. The first kappa shape index (κ1) is 31.3. The van der Waals surface area contributed by atoms with E-state index in [0.717, 1.165) is 76.9 Å². The molecule has 4 aliphatic rings. The van der Waals surface area contributed by atoms with E-state index in [1.54, 1.807) is 12.4 Å². The third-order valence-electron chi connectivity index (χ3n) is 10.4. The van der Waals surface area contributed by atoms with Crippen molar-refractivity contribution in [3.63, 3.8) is 0 Å². The van der Waals surface area contributed by atoms with Crippen LogP contribution >= 0.6 is 0 Å². The van der Waals surface area contributed by atoms with Gasteiger partial charge in [-0.05, 0) is 118 Å². The number of likely N-dealkylation sites (tertiary alicyclic amines) is 1. The lowest BCUT2D eigenvalue weighted by molar-refractivity contribution is 0.177. The maximum absolute atomic E-state index is 5.85. The molecule has 0 radical (unpaired) electrons. The largest absolute Gasteiger partial charge is 0.456 e. The Hall–Kier alpha value is -4.26. The fourth-order valence-corrected chi connectivity index (χ4v) is 8.01. The number of para-hydroxylation sites is 2. The number of piperidine rings is 2. The monoisotopic (exact) mass is 626 g/mol. The van der Waals surface area contributed by atoms with E-state index in [1.807, 2.05) is 85.2 Å². The zero-order valence-electron chi connectivity index (χ0n) is 27.3. The third-order valence-corrected chi connectivity index (χ3v) is 10.4. The Morgan fingerprint density at radius 3 is 1.81 bits per heavy atom. The van der Waals surface area contributed by atoms with Crippen molar-refractivity contribution in [2.75, 3.05) is 7.05 Å².